The van der Waals surface area contributed by atoms with E-state index in [9.17, 15) is 4.79 Å². The molecule has 8 heteroatoms. The van der Waals surface area contributed by atoms with Gasteiger partial charge in [0.2, 0.25) is 5.95 Å². The van der Waals surface area contributed by atoms with Crippen molar-refractivity contribution in [1.29, 1.82) is 0 Å². The zero-order valence-electron chi connectivity index (χ0n) is 12.7. The number of nitrogens with one attached hydrogen (secondary N) is 1. The van der Waals surface area contributed by atoms with Gasteiger partial charge in [-0.2, -0.15) is 5.10 Å². The van der Waals surface area contributed by atoms with Crippen LogP contribution < -0.4 is 5.32 Å². The Kier molecular flexibility index (Phi) is 4.42. The molecule has 3 aromatic rings. The van der Waals surface area contributed by atoms with Crippen LogP contribution in [0.1, 0.15) is 21.6 Å². The standard InChI is InChI=1S/C15H15IN6O/c1-10-5-3-4-6-11(10)8-22-9-17-15(20-22)19-14(23)13-12(16)7-18-21(13)2/h3-7,9H,8H2,1-2H3,(H,19,20,23). The third-order valence-corrected chi connectivity index (χ3v) is 4.25. The molecule has 2 aromatic heterocycles. The van der Waals surface area contributed by atoms with Crippen LogP contribution in [0.2, 0.25) is 0 Å². The molecular formula is C15H15IN6O. The quantitative estimate of drug-likeness (QED) is 0.655. The molecule has 0 radical (unpaired) electrons. The van der Waals surface area contributed by atoms with Crippen molar-refractivity contribution >= 4 is 34.4 Å². The van der Waals surface area contributed by atoms with Gasteiger partial charge >= 0.3 is 0 Å². The van der Waals surface area contributed by atoms with Crippen LogP contribution in [0.15, 0.2) is 36.8 Å². The van der Waals surface area contributed by atoms with E-state index in [0.29, 0.717) is 12.2 Å². The molecule has 0 spiro atoms. The molecule has 1 amide bonds. The largest absolute Gasteiger partial charge is 0.288 e. The summed E-state index contributed by atoms with van der Waals surface area (Å²) in [4.78, 5) is 16.4. The van der Waals surface area contributed by atoms with Gasteiger partial charge in [0, 0.05) is 7.05 Å². The van der Waals surface area contributed by atoms with Crippen molar-refractivity contribution < 1.29 is 4.79 Å². The summed E-state index contributed by atoms with van der Waals surface area (Å²) in [6.07, 6.45) is 3.25. The Bertz CT molecular complexity index is 834. The predicted molar refractivity (Wildman–Crippen MR) is 94.2 cm³/mol. The first kappa shape index (κ1) is 15.7. The smallest absolute Gasteiger partial charge is 0.277 e. The second-order valence-electron chi connectivity index (χ2n) is 5.11. The number of nitrogens with zero attached hydrogens (tertiary/aromatic N) is 5. The van der Waals surface area contributed by atoms with Crippen molar-refractivity contribution in [2.75, 3.05) is 5.32 Å². The van der Waals surface area contributed by atoms with Crippen LogP contribution in [0.4, 0.5) is 5.95 Å². The first-order chi connectivity index (χ1) is 11.0. The molecule has 0 aliphatic rings. The molecule has 2 heterocycles. The first-order valence-corrected chi connectivity index (χ1v) is 8.05. The fraction of sp³-hybridized carbons (Fsp3) is 0.200. The van der Waals surface area contributed by atoms with E-state index < -0.39 is 0 Å². The lowest BCUT2D eigenvalue weighted by Gasteiger charge is -2.05. The molecule has 23 heavy (non-hydrogen) atoms. The number of amides is 1. The van der Waals surface area contributed by atoms with E-state index in [4.69, 9.17) is 0 Å². The Hall–Kier alpha value is -2.23. The molecule has 0 saturated carbocycles. The Labute approximate surface area is 146 Å². The van der Waals surface area contributed by atoms with E-state index >= 15 is 0 Å². The van der Waals surface area contributed by atoms with Gasteiger partial charge in [0.25, 0.3) is 5.91 Å². The summed E-state index contributed by atoms with van der Waals surface area (Å²) in [7, 11) is 1.72. The van der Waals surface area contributed by atoms with Crippen LogP contribution in [0.5, 0.6) is 0 Å². The van der Waals surface area contributed by atoms with Crippen LogP contribution >= 0.6 is 22.6 Å². The molecule has 0 unspecified atom stereocenters. The molecule has 0 aliphatic heterocycles. The summed E-state index contributed by atoms with van der Waals surface area (Å²) >= 11 is 2.07. The van der Waals surface area contributed by atoms with Crippen molar-refractivity contribution in [3.63, 3.8) is 0 Å². The number of halogens is 1. The molecular weight excluding hydrogens is 407 g/mol. The zero-order valence-corrected chi connectivity index (χ0v) is 14.9. The van der Waals surface area contributed by atoms with Crippen LogP contribution in [0.3, 0.4) is 0 Å². The third-order valence-electron chi connectivity index (χ3n) is 3.46. The summed E-state index contributed by atoms with van der Waals surface area (Å²) in [5, 5.41) is 11.0. The zero-order chi connectivity index (χ0) is 16.4. The highest BCUT2D eigenvalue weighted by Crippen LogP contribution is 2.13. The highest BCUT2D eigenvalue weighted by atomic mass is 127. The number of hydrogen-bond donors (Lipinski definition) is 1. The minimum Gasteiger partial charge on any atom is -0.288 e. The van der Waals surface area contributed by atoms with E-state index in [1.54, 1.807) is 24.3 Å². The van der Waals surface area contributed by atoms with Crippen molar-refractivity contribution in [2.45, 2.75) is 13.5 Å². The topological polar surface area (TPSA) is 77.6 Å². The number of benzene rings is 1. The maximum absolute atomic E-state index is 12.3. The highest BCUT2D eigenvalue weighted by molar-refractivity contribution is 14.1. The molecule has 118 valence electrons. The number of aryl methyl sites for hydroxylation is 2. The van der Waals surface area contributed by atoms with E-state index in [-0.39, 0.29) is 11.9 Å². The van der Waals surface area contributed by atoms with Crippen molar-refractivity contribution in [3.8, 4) is 0 Å². The van der Waals surface area contributed by atoms with Gasteiger partial charge in [-0.05, 0) is 40.6 Å². The molecule has 0 aliphatic carbocycles. The second kappa shape index (κ2) is 6.49. The van der Waals surface area contributed by atoms with E-state index in [0.717, 1.165) is 9.13 Å². The van der Waals surface area contributed by atoms with Gasteiger partial charge in [0.15, 0.2) is 0 Å². The van der Waals surface area contributed by atoms with E-state index in [1.807, 2.05) is 18.2 Å². The fourth-order valence-electron chi connectivity index (χ4n) is 2.22. The van der Waals surface area contributed by atoms with Crippen LogP contribution in [0, 0.1) is 10.5 Å². The van der Waals surface area contributed by atoms with Crippen LogP contribution in [0.25, 0.3) is 0 Å². The summed E-state index contributed by atoms with van der Waals surface area (Å²) < 4.78 is 4.01. The van der Waals surface area contributed by atoms with Crippen LogP contribution in [-0.2, 0) is 13.6 Å². The average Bonchev–Trinajstić information content (AvgIpc) is 3.08. The lowest BCUT2D eigenvalue weighted by atomic mass is 10.1. The Morgan fingerprint density at radius 3 is 2.83 bits per heavy atom. The highest BCUT2D eigenvalue weighted by Gasteiger charge is 2.16. The molecule has 0 bridgehead atoms. The second-order valence-corrected chi connectivity index (χ2v) is 6.27. The number of anilines is 1. The normalized spacial score (nSPS) is 10.7. The third kappa shape index (κ3) is 3.41. The summed E-state index contributed by atoms with van der Waals surface area (Å²) in [6.45, 7) is 2.66. The number of aromatic nitrogens is 5. The number of carbonyl (C=O) groups excluding carboxylic acids is 1. The molecule has 1 aromatic carbocycles. The minimum atomic E-state index is -0.275. The van der Waals surface area contributed by atoms with Gasteiger partial charge in [-0.25, -0.2) is 9.67 Å². The van der Waals surface area contributed by atoms with Crippen molar-refractivity contribution in [2.24, 2.45) is 7.05 Å². The number of carbonyl (C=O) groups is 1. The fourth-order valence-corrected chi connectivity index (χ4v) is 2.94. The van der Waals surface area contributed by atoms with Crippen molar-refractivity contribution in [1.82, 2.24) is 24.5 Å². The molecule has 0 fully saturated rings. The first-order valence-electron chi connectivity index (χ1n) is 6.97. The summed E-state index contributed by atoms with van der Waals surface area (Å²) in [6, 6.07) is 8.10. The van der Waals surface area contributed by atoms with Crippen molar-refractivity contribution in [3.05, 3.63) is 57.2 Å². The SMILES string of the molecule is Cc1ccccc1Cn1cnc(NC(=O)c2c(I)cnn2C)n1. The van der Waals surface area contributed by atoms with E-state index in [1.165, 1.54) is 10.2 Å². The molecule has 7 nitrogen and oxygen atoms in total. The van der Waals surface area contributed by atoms with Gasteiger partial charge in [0.05, 0.1) is 16.3 Å². The summed E-state index contributed by atoms with van der Waals surface area (Å²) in [5.74, 6) is 0.00336. The van der Waals surface area contributed by atoms with Gasteiger partial charge in [-0.3, -0.25) is 14.8 Å². The van der Waals surface area contributed by atoms with E-state index in [2.05, 4.69) is 56.1 Å². The Balaban J connectivity index is 1.73. The van der Waals surface area contributed by atoms with Gasteiger partial charge < -0.3 is 0 Å². The van der Waals surface area contributed by atoms with Gasteiger partial charge in [-0.15, -0.1) is 5.10 Å². The minimum absolute atomic E-state index is 0.275. The molecule has 0 atom stereocenters. The van der Waals surface area contributed by atoms with Gasteiger partial charge in [0.1, 0.15) is 12.0 Å². The molecule has 0 saturated heterocycles. The molecule has 1 N–H and O–H groups in total. The lowest BCUT2D eigenvalue weighted by molar-refractivity contribution is 0.101. The molecule has 3 rings (SSSR count). The van der Waals surface area contributed by atoms with Gasteiger partial charge in [-0.1, -0.05) is 24.3 Å². The Morgan fingerprint density at radius 2 is 2.13 bits per heavy atom. The Morgan fingerprint density at radius 1 is 1.35 bits per heavy atom. The predicted octanol–water partition coefficient (Wildman–Crippen LogP) is 2.23. The maximum Gasteiger partial charge on any atom is 0.277 e. The van der Waals surface area contributed by atoms with Crippen LogP contribution in [-0.4, -0.2) is 30.5 Å². The summed E-state index contributed by atoms with van der Waals surface area (Å²) in [5.41, 5.74) is 2.84. The maximum atomic E-state index is 12.3. The number of rotatable bonds is 4. The lowest BCUT2D eigenvalue weighted by Crippen LogP contribution is -2.18. The average molecular weight is 422 g/mol. The monoisotopic (exact) mass is 422 g/mol. The number of hydrogen-bond acceptors (Lipinski definition) is 4.